The van der Waals surface area contributed by atoms with E-state index in [4.69, 9.17) is 42.1 Å². The molecule has 1 aliphatic heterocycles. The van der Waals surface area contributed by atoms with Gasteiger partial charge in [-0.15, -0.1) is 0 Å². The number of amides is 5. The maximum absolute atomic E-state index is 14.3. The van der Waals surface area contributed by atoms with Crippen LogP contribution in [0.1, 0.15) is 54.4 Å². The molecule has 5 rings (SSSR count). The Morgan fingerprint density at radius 1 is 0.895 bits per heavy atom. The van der Waals surface area contributed by atoms with E-state index < -0.39 is 29.2 Å². The Labute approximate surface area is 342 Å². The standard InChI is InChI=1S/C39H48Cl2N8O8/c1-11-30(50)45-25-18-23(47-16-17-48(39(21-47)14-15-39)35(52)56-37(2,3)4)12-13-24(25)44-28-20-29(43-22-42-28)46(8)34(51)49(36(53)57-38(5,6)7)33-31(40)26(54-9)19-27(55-10)32(33)41/h11-13,18-20,22H,1,14-17,21H2,2-10H3,(H,45,50)(H,42,43,44). The molecule has 2 aliphatic rings. The van der Waals surface area contributed by atoms with Crippen LogP contribution in [0.4, 0.5) is 48.8 Å². The maximum Gasteiger partial charge on any atom is 0.423 e. The zero-order valence-electron chi connectivity index (χ0n) is 33.5. The number of aromatic nitrogens is 2. The number of urea groups is 1. The van der Waals surface area contributed by atoms with Gasteiger partial charge in [0.25, 0.3) is 0 Å². The molecule has 306 valence electrons. The maximum atomic E-state index is 14.3. The Kier molecular flexibility index (Phi) is 12.4. The molecule has 2 heterocycles. The number of imide groups is 1. The van der Waals surface area contributed by atoms with E-state index in [2.05, 4.69) is 32.1 Å². The lowest BCUT2D eigenvalue weighted by Crippen LogP contribution is -2.58. The minimum absolute atomic E-state index is 0.0686. The number of nitrogens with one attached hydrogen (secondary N) is 2. The van der Waals surface area contributed by atoms with Crippen LogP contribution in [-0.4, -0.2) is 96.6 Å². The van der Waals surface area contributed by atoms with Crippen LogP contribution in [0, 0.1) is 0 Å². The van der Waals surface area contributed by atoms with Gasteiger partial charge in [0.2, 0.25) is 5.91 Å². The number of hydrogen-bond donors (Lipinski definition) is 2. The van der Waals surface area contributed by atoms with Crippen molar-refractivity contribution in [2.45, 2.75) is 71.1 Å². The molecule has 1 saturated carbocycles. The molecule has 18 heteroatoms. The normalized spacial score (nSPS) is 14.6. The number of anilines is 6. The summed E-state index contributed by atoms with van der Waals surface area (Å²) < 4.78 is 22.0. The minimum atomic E-state index is -1.08. The van der Waals surface area contributed by atoms with Gasteiger partial charge in [0.1, 0.15) is 56.4 Å². The van der Waals surface area contributed by atoms with Gasteiger partial charge in [-0.05, 0) is 78.7 Å². The Morgan fingerprint density at radius 3 is 2.09 bits per heavy atom. The van der Waals surface area contributed by atoms with Gasteiger partial charge in [-0.2, -0.15) is 4.90 Å². The fourth-order valence-electron chi connectivity index (χ4n) is 6.12. The minimum Gasteiger partial charge on any atom is -0.495 e. The number of piperazine rings is 1. The van der Waals surface area contributed by atoms with Crippen molar-refractivity contribution in [3.63, 3.8) is 0 Å². The fraction of sp³-hybridized carbons (Fsp3) is 0.436. The number of carbonyl (C=O) groups is 4. The van der Waals surface area contributed by atoms with Crippen molar-refractivity contribution in [1.29, 1.82) is 0 Å². The molecule has 2 aromatic carbocycles. The van der Waals surface area contributed by atoms with E-state index >= 15 is 0 Å². The summed E-state index contributed by atoms with van der Waals surface area (Å²) >= 11 is 13.3. The molecule has 3 aromatic rings. The summed E-state index contributed by atoms with van der Waals surface area (Å²) in [7, 11) is 4.11. The molecule has 1 aliphatic carbocycles. The molecule has 1 spiro atoms. The zero-order chi connectivity index (χ0) is 42.0. The van der Waals surface area contributed by atoms with Crippen molar-refractivity contribution >= 4 is 81.7 Å². The van der Waals surface area contributed by atoms with E-state index in [0.717, 1.165) is 29.5 Å². The van der Waals surface area contributed by atoms with Crippen LogP contribution in [-0.2, 0) is 14.3 Å². The third-order valence-corrected chi connectivity index (χ3v) is 9.72. The average molecular weight is 828 g/mol. The summed E-state index contributed by atoms with van der Waals surface area (Å²) in [5.74, 6) is 0.0503. The summed E-state index contributed by atoms with van der Waals surface area (Å²) in [4.78, 5) is 68.0. The monoisotopic (exact) mass is 826 g/mol. The van der Waals surface area contributed by atoms with Crippen molar-refractivity contribution in [3.8, 4) is 11.5 Å². The molecule has 0 bridgehead atoms. The molecule has 0 radical (unpaired) electrons. The third-order valence-electron chi connectivity index (χ3n) is 8.99. The molecule has 5 amide bonds. The van der Waals surface area contributed by atoms with E-state index in [9.17, 15) is 19.2 Å². The number of ether oxygens (including phenoxy) is 4. The third kappa shape index (κ3) is 9.74. The Bertz CT molecular complexity index is 2040. The first-order chi connectivity index (χ1) is 26.7. The van der Waals surface area contributed by atoms with Gasteiger partial charge in [0.05, 0.1) is 31.1 Å². The number of nitrogens with zero attached hydrogens (tertiary/aromatic N) is 6. The van der Waals surface area contributed by atoms with Gasteiger partial charge in [0, 0.05) is 44.5 Å². The lowest BCUT2D eigenvalue weighted by molar-refractivity contribution is -0.111. The van der Waals surface area contributed by atoms with Crippen molar-refractivity contribution in [2.75, 3.05) is 66.2 Å². The van der Waals surface area contributed by atoms with Crippen molar-refractivity contribution in [2.24, 2.45) is 0 Å². The smallest absolute Gasteiger partial charge is 0.423 e. The first-order valence-corrected chi connectivity index (χ1v) is 18.8. The van der Waals surface area contributed by atoms with Crippen molar-refractivity contribution < 1.29 is 38.1 Å². The van der Waals surface area contributed by atoms with Crippen molar-refractivity contribution in [1.82, 2.24) is 14.9 Å². The van der Waals surface area contributed by atoms with Crippen LogP contribution >= 0.6 is 23.2 Å². The van der Waals surface area contributed by atoms with Gasteiger partial charge in [-0.3, -0.25) is 14.6 Å². The Hall–Kier alpha value is -5.48. The number of methoxy groups -OCH3 is 2. The highest BCUT2D eigenvalue weighted by atomic mass is 35.5. The fourth-order valence-corrected chi connectivity index (χ4v) is 6.79. The second-order valence-corrected chi connectivity index (χ2v) is 16.3. The Balaban J connectivity index is 1.43. The lowest BCUT2D eigenvalue weighted by Gasteiger charge is -2.43. The lowest BCUT2D eigenvalue weighted by atomic mass is 10.1. The van der Waals surface area contributed by atoms with E-state index in [1.807, 2.05) is 37.8 Å². The summed E-state index contributed by atoms with van der Waals surface area (Å²) in [5.41, 5.74) is -0.435. The topological polar surface area (TPSA) is 168 Å². The Morgan fingerprint density at radius 2 is 1.53 bits per heavy atom. The van der Waals surface area contributed by atoms with E-state index in [1.54, 1.807) is 26.8 Å². The molecule has 2 fully saturated rings. The number of benzene rings is 2. The van der Waals surface area contributed by atoms with E-state index in [0.29, 0.717) is 35.9 Å². The molecule has 2 N–H and O–H groups in total. The van der Waals surface area contributed by atoms with Gasteiger partial charge < -0.3 is 34.5 Å². The average Bonchev–Trinajstić information content (AvgIpc) is 3.90. The molecule has 1 saturated heterocycles. The zero-order valence-corrected chi connectivity index (χ0v) is 35.0. The highest BCUT2D eigenvalue weighted by molar-refractivity contribution is 6.43. The van der Waals surface area contributed by atoms with Crippen molar-refractivity contribution in [3.05, 3.63) is 59.4 Å². The highest BCUT2D eigenvalue weighted by Crippen LogP contribution is 2.48. The second kappa shape index (κ2) is 16.5. The molecule has 57 heavy (non-hydrogen) atoms. The molecule has 0 unspecified atom stereocenters. The summed E-state index contributed by atoms with van der Waals surface area (Å²) in [6.45, 7) is 15.7. The molecule has 0 atom stereocenters. The van der Waals surface area contributed by atoms with E-state index in [1.165, 1.54) is 39.7 Å². The van der Waals surface area contributed by atoms with Crippen LogP contribution in [0.3, 0.4) is 0 Å². The first-order valence-electron chi connectivity index (χ1n) is 18.0. The molecular weight excluding hydrogens is 779 g/mol. The highest BCUT2D eigenvalue weighted by Gasteiger charge is 2.54. The summed E-state index contributed by atoms with van der Waals surface area (Å²) in [6.07, 6.45) is 2.71. The van der Waals surface area contributed by atoms with E-state index in [-0.39, 0.29) is 50.5 Å². The predicted molar refractivity (Wildman–Crippen MR) is 220 cm³/mol. The second-order valence-electron chi connectivity index (χ2n) is 15.5. The number of halogens is 2. The van der Waals surface area contributed by atoms with Crippen LogP contribution in [0.5, 0.6) is 11.5 Å². The first kappa shape index (κ1) is 42.7. The number of carbonyl (C=O) groups excluding carboxylic acids is 4. The van der Waals surface area contributed by atoms with Gasteiger partial charge in [-0.25, -0.2) is 24.4 Å². The summed E-state index contributed by atoms with van der Waals surface area (Å²) in [6, 6.07) is 7.48. The predicted octanol–water partition coefficient (Wildman–Crippen LogP) is 8.26. The molecule has 16 nitrogen and oxygen atoms in total. The largest absolute Gasteiger partial charge is 0.495 e. The van der Waals surface area contributed by atoms with Crippen LogP contribution < -0.4 is 34.8 Å². The van der Waals surface area contributed by atoms with Gasteiger partial charge >= 0.3 is 18.2 Å². The summed E-state index contributed by atoms with van der Waals surface area (Å²) in [5, 5.41) is 5.77. The van der Waals surface area contributed by atoms with Crippen LogP contribution in [0.2, 0.25) is 10.0 Å². The van der Waals surface area contributed by atoms with Gasteiger partial charge in [-0.1, -0.05) is 29.8 Å². The van der Waals surface area contributed by atoms with Crippen LogP contribution in [0.15, 0.2) is 49.3 Å². The molecule has 1 aromatic heterocycles. The quantitative estimate of drug-likeness (QED) is 0.199. The molecular formula is C39H48Cl2N8O8. The van der Waals surface area contributed by atoms with Crippen LogP contribution in [0.25, 0.3) is 0 Å². The SMILES string of the molecule is C=CC(=O)Nc1cc(N2CCN(C(=O)OC(C)(C)C)C3(CC3)C2)ccc1Nc1cc(N(C)C(=O)N(C(=O)OC(C)(C)C)c2c(Cl)c(OC)cc(OC)c2Cl)ncn1. The van der Waals surface area contributed by atoms with Gasteiger partial charge in [0.15, 0.2) is 0 Å². The number of hydrogen-bond acceptors (Lipinski definition) is 12. The number of rotatable bonds is 9.